The van der Waals surface area contributed by atoms with E-state index in [-0.39, 0.29) is 0 Å². The molecule has 0 bridgehead atoms. The number of ether oxygens (including phenoxy) is 1. The van der Waals surface area contributed by atoms with Crippen molar-refractivity contribution < 1.29 is 4.74 Å². The second-order valence-corrected chi connectivity index (χ2v) is 11.0. The van der Waals surface area contributed by atoms with Gasteiger partial charge in [-0.15, -0.1) is 0 Å². The number of allylic oxidation sites excluding steroid dienone is 4. The minimum Gasteiger partial charge on any atom is -0.494 e. The maximum absolute atomic E-state index is 5.80. The Bertz CT molecular complexity index is 1150. The molecule has 0 aliphatic carbocycles. The Morgan fingerprint density at radius 1 is 1.05 bits per heavy atom. The number of hydrogen-bond acceptors (Lipinski definition) is 3. The maximum Gasteiger partial charge on any atom is 0.119 e. The van der Waals surface area contributed by atoms with Gasteiger partial charge in [0.15, 0.2) is 0 Å². The quantitative estimate of drug-likeness (QED) is 0.131. The first-order chi connectivity index (χ1) is 18.9. The summed E-state index contributed by atoms with van der Waals surface area (Å²) in [5.74, 6) is 0.736. The number of aromatic nitrogens is 1. The number of benzene rings is 1. The Labute approximate surface area is 238 Å². The van der Waals surface area contributed by atoms with Crippen LogP contribution >= 0.6 is 0 Å². The molecule has 2 unspecified atom stereocenters. The normalized spacial score (nSPS) is 16.5. The maximum atomic E-state index is 5.80. The molecule has 1 fully saturated rings. The summed E-state index contributed by atoms with van der Waals surface area (Å²) in [5, 5.41) is 1.30. The number of rotatable bonds is 15. The molecule has 0 N–H and O–H groups in total. The highest BCUT2D eigenvalue weighted by atomic mass is 16.5. The second-order valence-electron chi connectivity index (χ2n) is 11.0. The van der Waals surface area contributed by atoms with Crippen molar-refractivity contribution in [3.05, 3.63) is 72.5 Å². The van der Waals surface area contributed by atoms with E-state index >= 15 is 0 Å². The fraction of sp³-hybridized carbons (Fsp3) is 0.543. The molecule has 2 aromatic rings. The number of hydrogen-bond donors (Lipinski definition) is 0. The van der Waals surface area contributed by atoms with Crippen LogP contribution in [0.2, 0.25) is 0 Å². The minimum atomic E-state index is 0.372. The third kappa shape index (κ3) is 7.77. The summed E-state index contributed by atoms with van der Waals surface area (Å²) in [6.07, 6.45) is 14.9. The molecule has 1 aliphatic rings. The molecule has 4 nitrogen and oxygen atoms in total. The van der Waals surface area contributed by atoms with Gasteiger partial charge in [-0.2, -0.15) is 0 Å². The van der Waals surface area contributed by atoms with Gasteiger partial charge in [0.1, 0.15) is 5.76 Å². The fourth-order valence-corrected chi connectivity index (χ4v) is 5.96. The Kier molecular flexibility index (Phi) is 12.1. The summed E-state index contributed by atoms with van der Waals surface area (Å²) >= 11 is 0. The predicted octanol–water partition coefficient (Wildman–Crippen LogP) is 8.50. The SMILES string of the molecule is C=C(OCC)c1ccc2c(c1)c(CCN(CCN1CCCCC1)C(C)/C=C/C)c(C(=C)/C=C\C)n2C(C)CC. The van der Waals surface area contributed by atoms with Crippen LogP contribution in [0.15, 0.2) is 55.7 Å². The van der Waals surface area contributed by atoms with Crippen molar-refractivity contribution in [3.63, 3.8) is 0 Å². The summed E-state index contributed by atoms with van der Waals surface area (Å²) in [7, 11) is 0. The number of piperidine rings is 1. The molecule has 3 rings (SSSR count). The molecule has 0 spiro atoms. The van der Waals surface area contributed by atoms with Crippen LogP contribution in [0.4, 0.5) is 0 Å². The Morgan fingerprint density at radius 3 is 2.44 bits per heavy atom. The summed E-state index contributed by atoms with van der Waals surface area (Å²) in [5.41, 5.74) is 6.06. The number of likely N-dealkylation sites (tertiary alicyclic amines) is 1. The summed E-state index contributed by atoms with van der Waals surface area (Å²) < 4.78 is 8.33. The minimum absolute atomic E-state index is 0.372. The second kappa shape index (κ2) is 15.3. The topological polar surface area (TPSA) is 20.6 Å². The Morgan fingerprint density at radius 2 is 1.79 bits per heavy atom. The first-order valence-corrected chi connectivity index (χ1v) is 15.3. The zero-order valence-corrected chi connectivity index (χ0v) is 25.6. The van der Waals surface area contributed by atoms with Crippen LogP contribution in [0.25, 0.3) is 22.2 Å². The molecular weight excluding hydrogens is 478 g/mol. The number of nitrogens with zero attached hydrogens (tertiary/aromatic N) is 3. The average molecular weight is 532 g/mol. The predicted molar refractivity (Wildman–Crippen MR) is 171 cm³/mol. The van der Waals surface area contributed by atoms with E-state index < -0.39 is 0 Å². The highest BCUT2D eigenvalue weighted by Gasteiger charge is 2.23. The standard InChI is InChI=1S/C35H53N3O/c1-9-16-27(5)35-32(20-23-37(29(7)17-10-2)25-24-36-21-14-13-15-22-36)33-26-31(30(8)39-12-4)18-19-34(33)38(35)28(6)11-3/h9-10,16-19,26,28-29H,5,8,11-15,20-25H2,1-4,6-7H3/b16-9-,17-10+. The molecule has 0 amide bonds. The third-order valence-electron chi connectivity index (χ3n) is 8.30. The highest BCUT2D eigenvalue weighted by Crippen LogP contribution is 2.37. The van der Waals surface area contributed by atoms with E-state index in [2.05, 4.69) is 105 Å². The van der Waals surface area contributed by atoms with E-state index in [0.29, 0.717) is 18.7 Å². The van der Waals surface area contributed by atoms with Crippen molar-refractivity contribution in [1.82, 2.24) is 14.4 Å². The summed E-state index contributed by atoms with van der Waals surface area (Å²) in [4.78, 5) is 5.31. The molecule has 2 atom stereocenters. The fourth-order valence-electron chi connectivity index (χ4n) is 5.96. The molecule has 0 radical (unpaired) electrons. The molecular formula is C35H53N3O. The lowest BCUT2D eigenvalue weighted by molar-refractivity contribution is 0.169. The summed E-state index contributed by atoms with van der Waals surface area (Å²) in [6, 6.07) is 7.48. The van der Waals surface area contributed by atoms with Gasteiger partial charge in [-0.25, -0.2) is 0 Å². The third-order valence-corrected chi connectivity index (χ3v) is 8.30. The van der Waals surface area contributed by atoms with Gasteiger partial charge in [0.2, 0.25) is 0 Å². The smallest absolute Gasteiger partial charge is 0.119 e. The van der Waals surface area contributed by atoms with Crippen LogP contribution in [0.3, 0.4) is 0 Å². The van der Waals surface area contributed by atoms with Gasteiger partial charge >= 0.3 is 0 Å². The molecule has 214 valence electrons. The van der Waals surface area contributed by atoms with Crippen LogP contribution in [-0.4, -0.2) is 59.7 Å². The number of fused-ring (bicyclic) bond motifs is 1. The first-order valence-electron chi connectivity index (χ1n) is 15.3. The van der Waals surface area contributed by atoms with Gasteiger partial charge in [0, 0.05) is 48.2 Å². The largest absolute Gasteiger partial charge is 0.494 e. The van der Waals surface area contributed by atoms with Crippen molar-refractivity contribution in [1.29, 1.82) is 0 Å². The Hall–Kier alpha value is -2.56. The molecule has 0 saturated carbocycles. The zero-order valence-electron chi connectivity index (χ0n) is 25.6. The van der Waals surface area contributed by atoms with Crippen molar-refractivity contribution >= 4 is 22.2 Å². The van der Waals surface area contributed by atoms with Crippen LogP contribution in [-0.2, 0) is 11.2 Å². The van der Waals surface area contributed by atoms with E-state index in [1.54, 1.807) is 0 Å². The molecule has 39 heavy (non-hydrogen) atoms. The van der Waals surface area contributed by atoms with E-state index in [4.69, 9.17) is 4.74 Å². The Balaban J connectivity index is 2.05. The lowest BCUT2D eigenvalue weighted by Gasteiger charge is -2.32. The zero-order chi connectivity index (χ0) is 28.4. The van der Waals surface area contributed by atoms with Crippen LogP contribution in [0.1, 0.15) is 90.1 Å². The van der Waals surface area contributed by atoms with Gasteiger partial charge in [-0.3, -0.25) is 4.90 Å². The van der Waals surface area contributed by atoms with Gasteiger partial charge in [-0.05, 0) is 103 Å². The van der Waals surface area contributed by atoms with Gasteiger partial charge in [-0.1, -0.05) is 50.8 Å². The van der Waals surface area contributed by atoms with Crippen LogP contribution in [0, 0.1) is 0 Å². The summed E-state index contributed by atoms with van der Waals surface area (Å²) in [6.45, 7) is 28.2. The molecule has 1 saturated heterocycles. The van der Waals surface area contributed by atoms with Crippen molar-refractivity contribution in [2.24, 2.45) is 0 Å². The van der Waals surface area contributed by atoms with Crippen LogP contribution < -0.4 is 0 Å². The molecule has 1 aliphatic heterocycles. The van der Waals surface area contributed by atoms with E-state index in [9.17, 15) is 0 Å². The van der Waals surface area contributed by atoms with E-state index in [1.807, 2.05) is 6.92 Å². The van der Waals surface area contributed by atoms with Gasteiger partial charge in [0.05, 0.1) is 12.3 Å². The van der Waals surface area contributed by atoms with E-state index in [0.717, 1.165) is 49.4 Å². The van der Waals surface area contributed by atoms with Crippen molar-refractivity contribution in [2.75, 3.05) is 39.3 Å². The van der Waals surface area contributed by atoms with Crippen molar-refractivity contribution in [2.45, 2.75) is 85.7 Å². The molecule has 2 heterocycles. The average Bonchev–Trinajstić information content (AvgIpc) is 3.27. The van der Waals surface area contributed by atoms with Gasteiger partial charge in [0.25, 0.3) is 0 Å². The van der Waals surface area contributed by atoms with Crippen LogP contribution in [0.5, 0.6) is 0 Å². The monoisotopic (exact) mass is 531 g/mol. The lowest BCUT2D eigenvalue weighted by Crippen LogP contribution is -2.41. The first kappa shape index (κ1) is 31.0. The molecule has 4 heteroatoms. The van der Waals surface area contributed by atoms with E-state index in [1.165, 1.54) is 54.5 Å². The lowest BCUT2D eigenvalue weighted by atomic mass is 10.0. The highest BCUT2D eigenvalue weighted by molar-refractivity contribution is 5.93. The van der Waals surface area contributed by atoms with Crippen molar-refractivity contribution in [3.8, 4) is 0 Å². The molecule has 1 aromatic carbocycles. The van der Waals surface area contributed by atoms with Gasteiger partial charge < -0.3 is 14.2 Å². The molecule has 1 aromatic heterocycles.